The first kappa shape index (κ1) is 11.7. The van der Waals surface area contributed by atoms with Crippen LogP contribution < -0.4 is 0 Å². The lowest BCUT2D eigenvalue weighted by Crippen LogP contribution is -2.04. The minimum Gasteiger partial charge on any atom is -0.384 e. The van der Waals surface area contributed by atoms with E-state index in [1.165, 1.54) is 17.8 Å². The van der Waals surface area contributed by atoms with Gasteiger partial charge < -0.3 is 5.11 Å². The highest BCUT2D eigenvalue weighted by Gasteiger charge is 2.24. The average molecular weight is 264 g/mol. The Morgan fingerprint density at radius 3 is 2.72 bits per heavy atom. The summed E-state index contributed by atoms with van der Waals surface area (Å²) in [5.74, 6) is -0.853. The third-order valence-electron chi connectivity index (χ3n) is 3.07. The number of hydrogen-bond acceptors (Lipinski definition) is 2. The van der Waals surface area contributed by atoms with Crippen molar-refractivity contribution in [3.63, 3.8) is 0 Å². The Morgan fingerprint density at radius 2 is 1.89 bits per heavy atom. The van der Waals surface area contributed by atoms with E-state index >= 15 is 0 Å². The topological polar surface area (TPSA) is 20.2 Å². The molecule has 1 nitrogen and oxygen atoms in total. The van der Waals surface area contributed by atoms with Crippen molar-refractivity contribution in [2.75, 3.05) is 0 Å². The molecule has 0 amide bonds. The molecule has 2 aromatic rings. The van der Waals surface area contributed by atoms with Crippen molar-refractivity contribution in [3.8, 4) is 0 Å². The Balaban J connectivity index is 2.22. The van der Waals surface area contributed by atoms with E-state index in [2.05, 4.69) is 0 Å². The SMILES string of the molecule is OC1c2ccccc2SCc2c(F)cc(F)cc21. The van der Waals surface area contributed by atoms with Crippen molar-refractivity contribution >= 4 is 11.8 Å². The molecule has 2 aromatic carbocycles. The fraction of sp³-hybridized carbons (Fsp3) is 0.143. The van der Waals surface area contributed by atoms with E-state index < -0.39 is 17.7 Å². The highest BCUT2D eigenvalue weighted by molar-refractivity contribution is 7.98. The van der Waals surface area contributed by atoms with Gasteiger partial charge in [0.05, 0.1) is 0 Å². The molecular formula is C14H10F2OS. The van der Waals surface area contributed by atoms with E-state index in [4.69, 9.17) is 0 Å². The molecule has 0 saturated carbocycles. The predicted molar refractivity (Wildman–Crippen MR) is 66.4 cm³/mol. The molecule has 1 atom stereocenters. The van der Waals surface area contributed by atoms with Gasteiger partial charge in [-0.1, -0.05) is 18.2 Å². The number of hydrogen-bond donors (Lipinski definition) is 1. The van der Waals surface area contributed by atoms with E-state index in [1.54, 1.807) is 6.07 Å². The maximum absolute atomic E-state index is 13.7. The number of fused-ring (bicyclic) bond motifs is 2. The summed E-state index contributed by atoms with van der Waals surface area (Å²) < 4.78 is 27.0. The number of benzene rings is 2. The summed E-state index contributed by atoms with van der Waals surface area (Å²) in [6.07, 6.45) is -0.976. The molecule has 1 aliphatic heterocycles. The Labute approximate surface area is 107 Å². The number of halogens is 2. The van der Waals surface area contributed by atoms with Crippen molar-refractivity contribution in [2.45, 2.75) is 16.8 Å². The van der Waals surface area contributed by atoms with Crippen LogP contribution in [0.2, 0.25) is 0 Å². The molecule has 1 aliphatic rings. The summed E-state index contributed by atoms with van der Waals surface area (Å²) in [4.78, 5) is 0.904. The molecule has 92 valence electrons. The van der Waals surface area contributed by atoms with Gasteiger partial charge in [-0.15, -0.1) is 11.8 Å². The van der Waals surface area contributed by atoms with Crippen LogP contribution in [-0.2, 0) is 5.75 Å². The third-order valence-corrected chi connectivity index (χ3v) is 4.19. The van der Waals surface area contributed by atoms with Gasteiger partial charge in [-0.2, -0.15) is 0 Å². The monoisotopic (exact) mass is 264 g/mol. The normalized spacial score (nSPS) is 17.8. The molecule has 1 unspecified atom stereocenters. The molecule has 0 aliphatic carbocycles. The lowest BCUT2D eigenvalue weighted by Gasteiger charge is -2.14. The molecule has 4 heteroatoms. The van der Waals surface area contributed by atoms with Crippen LogP contribution >= 0.6 is 11.8 Å². The van der Waals surface area contributed by atoms with Crippen molar-refractivity contribution in [3.05, 3.63) is 64.7 Å². The van der Waals surface area contributed by atoms with Gasteiger partial charge in [0, 0.05) is 22.3 Å². The van der Waals surface area contributed by atoms with E-state index in [-0.39, 0.29) is 0 Å². The zero-order valence-corrected chi connectivity index (χ0v) is 10.2. The quantitative estimate of drug-likeness (QED) is 0.783. The molecule has 0 aromatic heterocycles. The second-order valence-electron chi connectivity index (χ2n) is 4.18. The summed E-state index contributed by atoms with van der Waals surface area (Å²) in [5, 5.41) is 10.3. The van der Waals surface area contributed by atoms with Crippen LogP contribution in [0.1, 0.15) is 22.8 Å². The number of rotatable bonds is 0. The van der Waals surface area contributed by atoms with Gasteiger partial charge in [-0.05, 0) is 23.3 Å². The van der Waals surface area contributed by atoms with Crippen LogP contribution in [0, 0.1) is 11.6 Å². The molecule has 1 N–H and O–H groups in total. The van der Waals surface area contributed by atoms with Crippen molar-refractivity contribution in [1.29, 1.82) is 0 Å². The molecule has 0 radical (unpaired) electrons. The van der Waals surface area contributed by atoms with Gasteiger partial charge in [0.15, 0.2) is 0 Å². The van der Waals surface area contributed by atoms with E-state index in [0.717, 1.165) is 11.0 Å². The molecule has 1 heterocycles. The van der Waals surface area contributed by atoms with Crippen LogP contribution in [0.3, 0.4) is 0 Å². The van der Waals surface area contributed by atoms with Crippen LogP contribution in [-0.4, -0.2) is 5.11 Å². The highest BCUT2D eigenvalue weighted by atomic mass is 32.2. The Kier molecular flexibility index (Phi) is 2.84. The first-order valence-electron chi connectivity index (χ1n) is 5.54. The van der Waals surface area contributed by atoms with Crippen LogP contribution in [0.25, 0.3) is 0 Å². The molecule has 18 heavy (non-hydrogen) atoms. The number of aliphatic hydroxyl groups is 1. The summed E-state index contributed by atoms with van der Waals surface area (Å²) in [6, 6.07) is 9.41. The first-order chi connectivity index (χ1) is 8.66. The summed E-state index contributed by atoms with van der Waals surface area (Å²) in [5.41, 5.74) is 1.40. The fourth-order valence-electron chi connectivity index (χ4n) is 2.17. The lowest BCUT2D eigenvalue weighted by atomic mass is 9.97. The average Bonchev–Trinajstić information content (AvgIpc) is 2.49. The van der Waals surface area contributed by atoms with Gasteiger partial charge in [0.1, 0.15) is 17.7 Å². The number of aliphatic hydroxyl groups excluding tert-OH is 1. The van der Waals surface area contributed by atoms with Gasteiger partial charge >= 0.3 is 0 Å². The lowest BCUT2D eigenvalue weighted by molar-refractivity contribution is 0.216. The second-order valence-corrected chi connectivity index (χ2v) is 5.20. The molecule has 3 rings (SSSR count). The minimum absolute atomic E-state index is 0.324. The Hall–Kier alpha value is -1.39. The van der Waals surface area contributed by atoms with E-state index in [0.29, 0.717) is 22.4 Å². The fourth-order valence-corrected chi connectivity index (χ4v) is 3.30. The van der Waals surface area contributed by atoms with Crippen molar-refractivity contribution < 1.29 is 13.9 Å². The zero-order valence-electron chi connectivity index (χ0n) is 9.36. The van der Waals surface area contributed by atoms with Crippen molar-refractivity contribution in [1.82, 2.24) is 0 Å². The van der Waals surface area contributed by atoms with E-state index in [1.807, 2.05) is 18.2 Å². The molecule has 0 saturated heterocycles. The Bertz CT molecular complexity index is 613. The standard InChI is InChI=1S/C14H10F2OS/c15-8-5-10-11(12(16)6-8)7-18-13-4-2-1-3-9(13)14(10)17/h1-6,14,17H,7H2. The maximum Gasteiger partial charge on any atom is 0.130 e. The third kappa shape index (κ3) is 1.82. The van der Waals surface area contributed by atoms with Crippen LogP contribution in [0.15, 0.2) is 41.3 Å². The van der Waals surface area contributed by atoms with Crippen LogP contribution in [0.5, 0.6) is 0 Å². The predicted octanol–water partition coefficient (Wildman–Crippen LogP) is 3.65. The molecular weight excluding hydrogens is 254 g/mol. The largest absolute Gasteiger partial charge is 0.384 e. The minimum atomic E-state index is -0.976. The first-order valence-corrected chi connectivity index (χ1v) is 6.53. The summed E-state index contributed by atoms with van der Waals surface area (Å²) in [7, 11) is 0. The number of thioether (sulfide) groups is 1. The van der Waals surface area contributed by atoms with Gasteiger partial charge in [0.2, 0.25) is 0 Å². The Morgan fingerprint density at radius 1 is 1.11 bits per heavy atom. The maximum atomic E-state index is 13.7. The van der Waals surface area contributed by atoms with Gasteiger partial charge in [-0.25, -0.2) is 8.78 Å². The summed E-state index contributed by atoms with van der Waals surface area (Å²) >= 11 is 1.45. The zero-order chi connectivity index (χ0) is 12.7. The molecule has 0 spiro atoms. The van der Waals surface area contributed by atoms with E-state index in [9.17, 15) is 13.9 Å². The van der Waals surface area contributed by atoms with Gasteiger partial charge in [-0.3, -0.25) is 0 Å². The van der Waals surface area contributed by atoms with Crippen LogP contribution in [0.4, 0.5) is 8.78 Å². The van der Waals surface area contributed by atoms with Gasteiger partial charge in [0.25, 0.3) is 0 Å². The smallest absolute Gasteiger partial charge is 0.130 e. The second kappa shape index (κ2) is 4.37. The molecule has 0 bridgehead atoms. The highest BCUT2D eigenvalue weighted by Crippen LogP contribution is 2.40. The van der Waals surface area contributed by atoms with Crippen molar-refractivity contribution in [2.24, 2.45) is 0 Å². The molecule has 0 fully saturated rings. The summed E-state index contributed by atoms with van der Waals surface area (Å²) in [6.45, 7) is 0.